The molecule has 0 radical (unpaired) electrons. The van der Waals surface area contributed by atoms with Crippen LogP contribution in [0, 0.1) is 0 Å². The Bertz CT molecular complexity index is 550. The van der Waals surface area contributed by atoms with Crippen LogP contribution in [0.3, 0.4) is 0 Å². The second-order valence-corrected chi connectivity index (χ2v) is 4.01. The molecule has 0 aliphatic heterocycles. The van der Waals surface area contributed by atoms with Crippen LogP contribution in [0.4, 0.5) is 0 Å². The van der Waals surface area contributed by atoms with Gasteiger partial charge in [0.05, 0.1) is 7.11 Å². The van der Waals surface area contributed by atoms with Gasteiger partial charge in [0.1, 0.15) is 6.61 Å². The Hall–Kier alpha value is -2.42. The van der Waals surface area contributed by atoms with Crippen molar-refractivity contribution in [1.82, 2.24) is 0 Å². The lowest BCUT2D eigenvalue weighted by atomic mass is 10.2. The quantitative estimate of drug-likeness (QED) is 0.892. The number of ether oxygens (including phenoxy) is 2. The van der Waals surface area contributed by atoms with Crippen molar-refractivity contribution in [1.29, 1.82) is 0 Å². The second kappa shape index (κ2) is 6.50. The minimum atomic E-state index is 0.507. The molecule has 0 heterocycles. The molecule has 0 aromatic heterocycles. The molecule has 2 rings (SSSR count). The smallest absolute Gasteiger partial charge is 0.168 e. The first-order valence-electron chi connectivity index (χ1n) is 6.07. The van der Waals surface area contributed by atoms with Crippen LogP contribution in [-0.4, -0.2) is 7.11 Å². The molecule has 2 aromatic rings. The second-order valence-electron chi connectivity index (χ2n) is 4.01. The highest BCUT2D eigenvalue weighted by molar-refractivity contribution is 5.62. The van der Waals surface area contributed by atoms with Crippen molar-refractivity contribution in [3.05, 3.63) is 65.9 Å². The van der Waals surface area contributed by atoms with Gasteiger partial charge in [-0.15, -0.1) is 0 Å². The van der Waals surface area contributed by atoms with Crippen molar-refractivity contribution in [3.63, 3.8) is 0 Å². The molecule has 2 N–H and O–H groups in total. The summed E-state index contributed by atoms with van der Waals surface area (Å²) in [6.07, 6.45) is 3.27. The van der Waals surface area contributed by atoms with Crippen LogP contribution in [0.1, 0.15) is 11.1 Å². The molecule has 0 spiro atoms. The maximum atomic E-state index is 5.80. The minimum Gasteiger partial charge on any atom is -0.492 e. The average molecular weight is 255 g/mol. The summed E-state index contributed by atoms with van der Waals surface area (Å²) in [5.74, 6) is 1.40. The SMILES string of the molecule is COc1c(/C=C/N)cccc1OCc1ccccc1. The topological polar surface area (TPSA) is 44.5 Å². The maximum absolute atomic E-state index is 5.80. The molecule has 3 nitrogen and oxygen atoms in total. The van der Waals surface area contributed by atoms with E-state index in [0.717, 1.165) is 11.1 Å². The van der Waals surface area contributed by atoms with Gasteiger partial charge in [0.25, 0.3) is 0 Å². The molecule has 0 saturated heterocycles. The van der Waals surface area contributed by atoms with Crippen LogP contribution < -0.4 is 15.2 Å². The summed E-state index contributed by atoms with van der Waals surface area (Å²) < 4.78 is 11.2. The van der Waals surface area contributed by atoms with Crippen LogP contribution in [0.5, 0.6) is 11.5 Å². The number of rotatable bonds is 5. The highest BCUT2D eigenvalue weighted by Crippen LogP contribution is 2.32. The van der Waals surface area contributed by atoms with E-state index in [-0.39, 0.29) is 0 Å². The Kier molecular flexibility index (Phi) is 4.45. The van der Waals surface area contributed by atoms with Crippen LogP contribution >= 0.6 is 0 Å². The third-order valence-corrected chi connectivity index (χ3v) is 2.73. The number of para-hydroxylation sites is 1. The lowest BCUT2D eigenvalue weighted by Gasteiger charge is -2.12. The van der Waals surface area contributed by atoms with Gasteiger partial charge in [0.2, 0.25) is 0 Å². The summed E-state index contributed by atoms with van der Waals surface area (Å²) in [7, 11) is 1.62. The van der Waals surface area contributed by atoms with E-state index in [1.807, 2.05) is 48.5 Å². The normalized spacial score (nSPS) is 10.6. The van der Waals surface area contributed by atoms with Gasteiger partial charge in [0, 0.05) is 5.56 Å². The first-order valence-corrected chi connectivity index (χ1v) is 6.07. The molecule has 0 atom stereocenters. The van der Waals surface area contributed by atoms with Crippen LogP contribution in [0.15, 0.2) is 54.7 Å². The average Bonchev–Trinajstić information content (AvgIpc) is 2.46. The van der Waals surface area contributed by atoms with Gasteiger partial charge in [-0.3, -0.25) is 0 Å². The van der Waals surface area contributed by atoms with E-state index in [4.69, 9.17) is 15.2 Å². The van der Waals surface area contributed by atoms with E-state index in [2.05, 4.69) is 0 Å². The van der Waals surface area contributed by atoms with E-state index < -0.39 is 0 Å². The Morgan fingerprint density at radius 2 is 1.84 bits per heavy atom. The summed E-state index contributed by atoms with van der Waals surface area (Å²) in [6.45, 7) is 0.507. The molecule has 19 heavy (non-hydrogen) atoms. The summed E-state index contributed by atoms with van der Waals surface area (Å²) in [5.41, 5.74) is 7.44. The molecule has 3 heteroatoms. The summed E-state index contributed by atoms with van der Waals surface area (Å²) in [4.78, 5) is 0. The monoisotopic (exact) mass is 255 g/mol. The van der Waals surface area contributed by atoms with Crippen molar-refractivity contribution in [3.8, 4) is 11.5 Å². The Morgan fingerprint density at radius 1 is 1.05 bits per heavy atom. The Labute approximate surface area is 113 Å². The minimum absolute atomic E-state index is 0.507. The van der Waals surface area contributed by atoms with Crippen molar-refractivity contribution in [2.45, 2.75) is 6.61 Å². The van der Waals surface area contributed by atoms with Crippen LogP contribution in [0.25, 0.3) is 6.08 Å². The van der Waals surface area contributed by atoms with Gasteiger partial charge < -0.3 is 15.2 Å². The van der Waals surface area contributed by atoms with Crippen LogP contribution in [-0.2, 0) is 6.61 Å². The Morgan fingerprint density at radius 3 is 2.53 bits per heavy atom. The predicted molar refractivity (Wildman–Crippen MR) is 77.0 cm³/mol. The van der Waals surface area contributed by atoms with E-state index >= 15 is 0 Å². The molecule has 0 bridgehead atoms. The van der Waals surface area contributed by atoms with Gasteiger partial charge in [-0.2, -0.15) is 0 Å². The summed E-state index contributed by atoms with van der Waals surface area (Å²) in [5, 5.41) is 0. The van der Waals surface area contributed by atoms with E-state index in [0.29, 0.717) is 18.1 Å². The molecular weight excluding hydrogens is 238 g/mol. The first-order chi connectivity index (χ1) is 9.35. The summed E-state index contributed by atoms with van der Waals surface area (Å²) in [6, 6.07) is 15.7. The fourth-order valence-electron chi connectivity index (χ4n) is 1.84. The maximum Gasteiger partial charge on any atom is 0.168 e. The number of methoxy groups -OCH3 is 1. The fourth-order valence-corrected chi connectivity index (χ4v) is 1.84. The number of hydrogen-bond donors (Lipinski definition) is 1. The zero-order valence-electron chi connectivity index (χ0n) is 10.9. The molecular formula is C16H17NO2. The zero-order chi connectivity index (χ0) is 13.5. The van der Waals surface area contributed by atoms with E-state index in [9.17, 15) is 0 Å². The molecule has 0 unspecified atom stereocenters. The highest BCUT2D eigenvalue weighted by atomic mass is 16.5. The van der Waals surface area contributed by atoms with Gasteiger partial charge in [0.15, 0.2) is 11.5 Å². The number of benzene rings is 2. The zero-order valence-corrected chi connectivity index (χ0v) is 10.9. The number of hydrogen-bond acceptors (Lipinski definition) is 3. The van der Waals surface area contributed by atoms with Crippen molar-refractivity contribution < 1.29 is 9.47 Å². The van der Waals surface area contributed by atoms with Crippen LogP contribution in [0.2, 0.25) is 0 Å². The van der Waals surface area contributed by atoms with Crippen molar-refractivity contribution in [2.75, 3.05) is 7.11 Å². The van der Waals surface area contributed by atoms with E-state index in [1.54, 1.807) is 13.2 Å². The molecule has 0 amide bonds. The van der Waals surface area contributed by atoms with Gasteiger partial charge in [-0.05, 0) is 23.9 Å². The molecule has 0 fully saturated rings. The molecule has 0 aliphatic carbocycles. The molecule has 98 valence electrons. The van der Waals surface area contributed by atoms with Gasteiger partial charge >= 0.3 is 0 Å². The lowest BCUT2D eigenvalue weighted by molar-refractivity contribution is 0.284. The highest BCUT2D eigenvalue weighted by Gasteiger charge is 2.08. The predicted octanol–water partition coefficient (Wildman–Crippen LogP) is 3.20. The van der Waals surface area contributed by atoms with Crippen molar-refractivity contribution in [2.24, 2.45) is 5.73 Å². The summed E-state index contributed by atoms with van der Waals surface area (Å²) >= 11 is 0. The van der Waals surface area contributed by atoms with Gasteiger partial charge in [-0.25, -0.2) is 0 Å². The Balaban J connectivity index is 2.18. The molecule has 0 saturated carbocycles. The fraction of sp³-hybridized carbons (Fsp3) is 0.125. The molecule has 0 aliphatic rings. The van der Waals surface area contributed by atoms with Gasteiger partial charge in [-0.1, -0.05) is 42.5 Å². The lowest BCUT2D eigenvalue weighted by Crippen LogP contribution is -1.98. The first kappa shape index (κ1) is 13.0. The molecule has 2 aromatic carbocycles. The standard InChI is InChI=1S/C16H17NO2/c1-18-16-14(10-11-17)8-5-9-15(16)19-12-13-6-3-2-4-7-13/h2-11H,12,17H2,1H3/b11-10+. The van der Waals surface area contributed by atoms with E-state index in [1.165, 1.54) is 6.20 Å². The largest absolute Gasteiger partial charge is 0.492 e. The van der Waals surface area contributed by atoms with Crippen molar-refractivity contribution >= 4 is 6.08 Å². The third-order valence-electron chi connectivity index (χ3n) is 2.73. The third kappa shape index (κ3) is 3.28. The number of nitrogens with two attached hydrogens (primary N) is 1.